The van der Waals surface area contributed by atoms with Crippen LogP contribution in [0.25, 0.3) is 5.95 Å². The van der Waals surface area contributed by atoms with Gasteiger partial charge in [0.25, 0.3) is 0 Å². The molecule has 98 valence electrons. The van der Waals surface area contributed by atoms with Gasteiger partial charge >= 0.3 is 0 Å². The quantitative estimate of drug-likeness (QED) is 0.680. The summed E-state index contributed by atoms with van der Waals surface area (Å²) in [7, 11) is 0. The number of nitrogen functional groups attached to an aromatic ring is 1. The second-order valence-corrected chi connectivity index (χ2v) is 4.04. The zero-order valence-corrected chi connectivity index (χ0v) is 10.0. The molecular weight excluding hydrogens is 248 g/mol. The van der Waals surface area contributed by atoms with Crippen LogP contribution in [-0.4, -0.2) is 50.0 Å². The summed E-state index contributed by atoms with van der Waals surface area (Å²) >= 11 is 0. The summed E-state index contributed by atoms with van der Waals surface area (Å²) in [5, 5.41) is 2.74. The van der Waals surface area contributed by atoms with Gasteiger partial charge in [0, 0.05) is 25.5 Å². The Morgan fingerprint density at radius 1 is 1.26 bits per heavy atom. The normalized spacial score (nSPS) is 15.4. The minimum atomic E-state index is -0.0607. The van der Waals surface area contributed by atoms with Crippen molar-refractivity contribution >= 4 is 17.8 Å². The Labute approximate surface area is 108 Å². The van der Waals surface area contributed by atoms with Crippen molar-refractivity contribution in [3.8, 4) is 5.95 Å². The van der Waals surface area contributed by atoms with Crippen LogP contribution in [0.4, 0.5) is 11.9 Å². The fourth-order valence-electron chi connectivity index (χ4n) is 1.81. The molecule has 0 aliphatic carbocycles. The van der Waals surface area contributed by atoms with Crippen LogP contribution >= 0.6 is 0 Å². The number of piperazine rings is 1. The Hall–Kier alpha value is -2.71. The number of rotatable bonds is 2. The van der Waals surface area contributed by atoms with Gasteiger partial charge in [0.05, 0.1) is 6.54 Å². The molecule has 0 radical (unpaired) electrons. The predicted molar refractivity (Wildman–Crippen MR) is 66.6 cm³/mol. The van der Waals surface area contributed by atoms with Crippen molar-refractivity contribution in [1.82, 2.24) is 29.8 Å². The number of hydrogen-bond donors (Lipinski definition) is 2. The molecule has 0 unspecified atom stereocenters. The van der Waals surface area contributed by atoms with E-state index in [0.29, 0.717) is 25.0 Å². The second-order valence-electron chi connectivity index (χ2n) is 4.04. The maximum Gasteiger partial charge on any atom is 0.241 e. The third-order valence-corrected chi connectivity index (χ3v) is 2.69. The van der Waals surface area contributed by atoms with Crippen LogP contribution in [0.1, 0.15) is 0 Å². The van der Waals surface area contributed by atoms with E-state index >= 15 is 0 Å². The molecule has 1 aliphatic heterocycles. The molecule has 0 atom stereocenters. The van der Waals surface area contributed by atoms with Crippen LogP contribution in [0.2, 0.25) is 0 Å². The Morgan fingerprint density at radius 2 is 2.11 bits per heavy atom. The van der Waals surface area contributed by atoms with E-state index in [4.69, 9.17) is 5.73 Å². The lowest BCUT2D eigenvalue weighted by molar-refractivity contribution is -0.120. The molecule has 2 aromatic rings. The van der Waals surface area contributed by atoms with Crippen LogP contribution in [-0.2, 0) is 4.79 Å². The Kier molecular flexibility index (Phi) is 2.71. The highest BCUT2D eigenvalue weighted by Gasteiger charge is 2.20. The molecule has 1 amide bonds. The molecule has 0 saturated carbocycles. The summed E-state index contributed by atoms with van der Waals surface area (Å²) in [6.07, 6.45) is 4.90. The van der Waals surface area contributed by atoms with Gasteiger partial charge < -0.3 is 16.0 Å². The van der Waals surface area contributed by atoms with E-state index in [1.165, 1.54) is 0 Å². The van der Waals surface area contributed by atoms with E-state index < -0.39 is 0 Å². The van der Waals surface area contributed by atoms with Gasteiger partial charge in [-0.2, -0.15) is 15.0 Å². The third kappa shape index (κ3) is 2.30. The fourth-order valence-corrected chi connectivity index (χ4v) is 1.81. The molecule has 0 bridgehead atoms. The van der Waals surface area contributed by atoms with E-state index in [1.54, 1.807) is 28.2 Å². The number of carbonyl (C=O) groups excluding carboxylic acids is 1. The van der Waals surface area contributed by atoms with Crippen LogP contribution in [0.5, 0.6) is 0 Å². The van der Waals surface area contributed by atoms with Crippen LogP contribution in [0, 0.1) is 0 Å². The minimum absolute atomic E-state index is 0.0607. The van der Waals surface area contributed by atoms with Crippen molar-refractivity contribution < 1.29 is 4.79 Å². The molecule has 19 heavy (non-hydrogen) atoms. The molecule has 3 N–H and O–H groups in total. The Bertz CT molecular complexity index is 596. The first-order valence-electron chi connectivity index (χ1n) is 5.74. The van der Waals surface area contributed by atoms with Crippen LogP contribution in [0.3, 0.4) is 0 Å². The van der Waals surface area contributed by atoms with Crippen molar-refractivity contribution in [2.75, 3.05) is 30.3 Å². The van der Waals surface area contributed by atoms with Gasteiger partial charge in [0.1, 0.15) is 6.33 Å². The molecule has 9 nitrogen and oxygen atoms in total. The second kappa shape index (κ2) is 4.52. The lowest BCUT2D eigenvalue weighted by Crippen LogP contribution is -2.48. The van der Waals surface area contributed by atoms with Gasteiger partial charge in [0.15, 0.2) is 0 Å². The maximum absolute atomic E-state index is 11.4. The van der Waals surface area contributed by atoms with Gasteiger partial charge in [-0.15, -0.1) is 0 Å². The van der Waals surface area contributed by atoms with Gasteiger partial charge in [-0.25, -0.2) is 4.98 Å². The monoisotopic (exact) mass is 260 g/mol. The summed E-state index contributed by atoms with van der Waals surface area (Å²) in [5.74, 6) is 0.825. The van der Waals surface area contributed by atoms with Gasteiger partial charge in [-0.3, -0.25) is 9.36 Å². The number of imidazole rings is 1. The molecule has 0 spiro atoms. The maximum atomic E-state index is 11.4. The number of anilines is 2. The number of amides is 1. The number of nitrogens with one attached hydrogen (secondary N) is 1. The number of nitrogens with zero attached hydrogens (tertiary/aromatic N) is 6. The van der Waals surface area contributed by atoms with E-state index in [-0.39, 0.29) is 18.4 Å². The smallest absolute Gasteiger partial charge is 0.241 e. The first kappa shape index (κ1) is 11.4. The number of hydrogen-bond acceptors (Lipinski definition) is 7. The third-order valence-electron chi connectivity index (χ3n) is 2.69. The minimum Gasteiger partial charge on any atom is -0.368 e. The zero-order valence-electron chi connectivity index (χ0n) is 10.0. The van der Waals surface area contributed by atoms with E-state index in [1.807, 2.05) is 0 Å². The standard InChI is InChI=1S/C10H12N8O/c11-8-14-9(17-4-2-13-7(19)5-17)16-10(15-8)18-3-1-12-6-18/h1,3,6H,2,4-5H2,(H,13,19)(H2,11,14,15,16). The van der Waals surface area contributed by atoms with E-state index in [2.05, 4.69) is 25.3 Å². The molecule has 2 aromatic heterocycles. The van der Waals surface area contributed by atoms with E-state index in [9.17, 15) is 4.79 Å². The van der Waals surface area contributed by atoms with Gasteiger partial charge in [0.2, 0.25) is 23.8 Å². The number of aromatic nitrogens is 5. The Morgan fingerprint density at radius 3 is 2.84 bits per heavy atom. The van der Waals surface area contributed by atoms with Crippen molar-refractivity contribution in [1.29, 1.82) is 0 Å². The highest BCUT2D eigenvalue weighted by Crippen LogP contribution is 2.12. The predicted octanol–water partition coefficient (Wildman–Crippen LogP) is -1.42. The number of nitrogens with two attached hydrogens (primary N) is 1. The highest BCUT2D eigenvalue weighted by atomic mass is 16.2. The summed E-state index contributed by atoms with van der Waals surface area (Å²) in [5.41, 5.74) is 5.68. The lowest BCUT2D eigenvalue weighted by atomic mass is 10.4. The molecule has 0 aromatic carbocycles. The van der Waals surface area contributed by atoms with Crippen LogP contribution < -0.4 is 16.0 Å². The van der Waals surface area contributed by atoms with Crippen molar-refractivity contribution in [2.24, 2.45) is 0 Å². The van der Waals surface area contributed by atoms with Crippen molar-refractivity contribution in [2.45, 2.75) is 0 Å². The lowest BCUT2D eigenvalue weighted by Gasteiger charge is -2.26. The van der Waals surface area contributed by atoms with Crippen molar-refractivity contribution in [3.05, 3.63) is 18.7 Å². The largest absolute Gasteiger partial charge is 0.368 e. The van der Waals surface area contributed by atoms with E-state index in [0.717, 1.165) is 0 Å². The van der Waals surface area contributed by atoms with Crippen molar-refractivity contribution in [3.63, 3.8) is 0 Å². The Balaban J connectivity index is 1.95. The van der Waals surface area contributed by atoms with Gasteiger partial charge in [-0.05, 0) is 0 Å². The molecule has 1 aliphatic rings. The first-order valence-corrected chi connectivity index (χ1v) is 5.74. The zero-order chi connectivity index (χ0) is 13.2. The molecular formula is C10H12N8O. The number of carbonyl (C=O) groups is 1. The molecule has 3 rings (SSSR count). The average Bonchev–Trinajstić information content (AvgIpc) is 2.92. The van der Waals surface area contributed by atoms with Crippen LogP contribution in [0.15, 0.2) is 18.7 Å². The first-order chi connectivity index (χ1) is 9.22. The molecule has 3 heterocycles. The highest BCUT2D eigenvalue weighted by molar-refractivity contribution is 5.81. The summed E-state index contributed by atoms with van der Waals surface area (Å²) < 4.78 is 1.63. The molecule has 1 saturated heterocycles. The fraction of sp³-hybridized carbons (Fsp3) is 0.300. The summed E-state index contributed by atoms with van der Waals surface area (Å²) in [6, 6.07) is 0. The van der Waals surface area contributed by atoms with Gasteiger partial charge in [-0.1, -0.05) is 0 Å². The summed E-state index contributed by atoms with van der Waals surface area (Å²) in [6.45, 7) is 1.41. The summed E-state index contributed by atoms with van der Waals surface area (Å²) in [4.78, 5) is 29.5. The SMILES string of the molecule is Nc1nc(N2CCNC(=O)C2)nc(-n2ccnc2)n1. The topological polar surface area (TPSA) is 115 Å². The molecule has 1 fully saturated rings. The average molecular weight is 260 g/mol. The molecule has 9 heteroatoms.